The lowest BCUT2D eigenvalue weighted by Crippen LogP contribution is -2.67. The number of carbonyl (C=O) groups excluding carboxylic acids is 1. The van der Waals surface area contributed by atoms with Gasteiger partial charge in [0.15, 0.2) is 11.6 Å². The fraction of sp³-hybridized carbons (Fsp3) is 0.419. The Morgan fingerprint density at radius 3 is 2.51 bits per heavy atom. The average Bonchev–Trinajstić information content (AvgIpc) is 3.78. The molecule has 6 N–H and O–H groups in total. The minimum Gasteiger partial charge on any atom is -0.459 e. The minimum absolute atomic E-state index is 0.110. The first kappa shape index (κ1) is 34.1. The number of nitrogens with zero attached hydrogens (tertiary/aromatic N) is 1. The standard InChI is InChI=1S/C31H31Cl2FN2O10S/c1-12(30(42)36-21-22(37)24(39)29-28(23(21)38)43-11-44-29)6-13-2-5-19(17(34)7-13)45-31-26(41)25(40)27(46-31)18-10-47-20(35-18)8-14-3-4-15(32)9-16(14)33/h2-7,9-10,21-29,31,37-41H,8,11H2,1H3,(H,36,42)/b12-6+/t21-,22+,23-,24-,25+,26+,27-,28+,29-,31-/m1/s1. The molecule has 0 spiro atoms. The molecule has 47 heavy (non-hydrogen) atoms. The number of nitrogens with one attached hydrogen (secondary N) is 1. The molecule has 252 valence electrons. The summed E-state index contributed by atoms with van der Waals surface area (Å²) in [4.78, 5) is 17.4. The van der Waals surface area contributed by atoms with Crippen LogP contribution in [0.25, 0.3) is 6.08 Å². The largest absolute Gasteiger partial charge is 0.459 e. The number of ether oxygens (including phenoxy) is 4. The van der Waals surface area contributed by atoms with Gasteiger partial charge in [0.1, 0.15) is 55.6 Å². The van der Waals surface area contributed by atoms with Crippen molar-refractivity contribution >= 4 is 46.5 Å². The maximum absolute atomic E-state index is 15.1. The number of aliphatic hydroxyl groups excluding tert-OH is 5. The van der Waals surface area contributed by atoms with E-state index in [2.05, 4.69) is 10.3 Å². The van der Waals surface area contributed by atoms with Crippen LogP contribution >= 0.6 is 34.5 Å². The van der Waals surface area contributed by atoms with E-state index in [4.69, 9.17) is 42.1 Å². The Bertz CT molecular complexity index is 1660. The van der Waals surface area contributed by atoms with E-state index in [0.717, 1.165) is 11.6 Å². The Kier molecular flexibility index (Phi) is 10.2. The molecule has 3 aromatic rings. The highest BCUT2D eigenvalue weighted by atomic mass is 35.5. The van der Waals surface area contributed by atoms with Crippen molar-refractivity contribution in [2.24, 2.45) is 0 Å². The van der Waals surface area contributed by atoms with Gasteiger partial charge in [-0.25, -0.2) is 9.37 Å². The maximum Gasteiger partial charge on any atom is 0.247 e. The molecule has 2 aliphatic heterocycles. The molecule has 3 aliphatic rings. The van der Waals surface area contributed by atoms with Crippen LogP contribution in [0.3, 0.4) is 0 Å². The molecule has 1 aliphatic carbocycles. The van der Waals surface area contributed by atoms with Crippen molar-refractivity contribution in [3.63, 3.8) is 0 Å². The molecule has 1 saturated carbocycles. The number of amides is 1. The Hall–Kier alpha value is -2.73. The van der Waals surface area contributed by atoms with Crippen molar-refractivity contribution in [3.05, 3.63) is 85.0 Å². The van der Waals surface area contributed by atoms with Gasteiger partial charge in [0.05, 0.1) is 16.7 Å². The first-order valence-corrected chi connectivity index (χ1v) is 16.2. The number of hydrogen-bond acceptors (Lipinski definition) is 12. The van der Waals surface area contributed by atoms with Gasteiger partial charge in [-0.1, -0.05) is 35.3 Å². The second-order valence-corrected chi connectivity index (χ2v) is 13.3. The summed E-state index contributed by atoms with van der Waals surface area (Å²) in [5.41, 5.74) is 1.57. The highest BCUT2D eigenvalue weighted by Gasteiger charge is 2.53. The lowest BCUT2D eigenvalue weighted by Gasteiger charge is -2.41. The van der Waals surface area contributed by atoms with Crippen LogP contribution in [0, 0.1) is 5.82 Å². The molecule has 6 rings (SSSR count). The molecule has 1 amide bonds. The smallest absolute Gasteiger partial charge is 0.247 e. The van der Waals surface area contributed by atoms with E-state index >= 15 is 4.39 Å². The monoisotopic (exact) mass is 712 g/mol. The number of hydrogen-bond donors (Lipinski definition) is 6. The quantitative estimate of drug-likeness (QED) is 0.188. The van der Waals surface area contributed by atoms with Crippen LogP contribution in [-0.4, -0.2) is 98.3 Å². The second kappa shape index (κ2) is 14.0. The summed E-state index contributed by atoms with van der Waals surface area (Å²) in [6.07, 6.45) is -9.68. The summed E-state index contributed by atoms with van der Waals surface area (Å²) in [6.45, 7) is 1.29. The number of rotatable bonds is 8. The van der Waals surface area contributed by atoms with E-state index < -0.39 is 72.9 Å². The SMILES string of the molecule is C/C(=C\c1ccc(O[C@@H]2O[C@H](c3csc(Cc4ccc(Cl)cc4Cl)n3)[C@@H](O)[C@@H]2O)c(F)c1)C(=O)N[C@@H]1[C@H](O)[C@@H](O)[C@H]2OCO[C@H]2[C@@H]1O. The van der Waals surface area contributed by atoms with Crippen LogP contribution in [0.4, 0.5) is 4.39 Å². The molecule has 1 aromatic heterocycles. The Balaban J connectivity index is 1.08. The number of thiazole rings is 1. The summed E-state index contributed by atoms with van der Waals surface area (Å²) in [7, 11) is 0. The van der Waals surface area contributed by atoms with E-state index in [0.29, 0.717) is 27.2 Å². The molecular formula is C31H31Cl2FN2O10S. The topological polar surface area (TPSA) is 180 Å². The highest BCUT2D eigenvalue weighted by molar-refractivity contribution is 7.09. The van der Waals surface area contributed by atoms with Crippen molar-refractivity contribution in [1.29, 1.82) is 0 Å². The van der Waals surface area contributed by atoms with E-state index in [1.54, 1.807) is 23.6 Å². The van der Waals surface area contributed by atoms with Crippen LogP contribution < -0.4 is 10.1 Å². The van der Waals surface area contributed by atoms with Crippen LogP contribution in [0.2, 0.25) is 10.0 Å². The first-order chi connectivity index (χ1) is 22.4. The van der Waals surface area contributed by atoms with Crippen molar-refractivity contribution in [1.82, 2.24) is 10.3 Å². The van der Waals surface area contributed by atoms with Crippen molar-refractivity contribution in [3.8, 4) is 5.75 Å². The zero-order valence-electron chi connectivity index (χ0n) is 24.6. The number of carbonyl (C=O) groups is 1. The molecule has 2 aromatic carbocycles. The Morgan fingerprint density at radius 1 is 1.04 bits per heavy atom. The number of halogens is 3. The molecule has 12 nitrogen and oxygen atoms in total. The van der Waals surface area contributed by atoms with Crippen LogP contribution in [0.1, 0.15) is 34.9 Å². The molecule has 3 heterocycles. The summed E-state index contributed by atoms with van der Waals surface area (Å²) in [5, 5.41) is 58.5. The zero-order chi connectivity index (χ0) is 33.6. The third-order valence-electron chi connectivity index (χ3n) is 8.28. The first-order valence-electron chi connectivity index (χ1n) is 14.5. The normalized spacial score (nSPS) is 32.3. The van der Waals surface area contributed by atoms with Gasteiger partial charge in [-0.2, -0.15) is 0 Å². The Morgan fingerprint density at radius 2 is 1.79 bits per heavy atom. The summed E-state index contributed by atoms with van der Waals surface area (Å²) in [5.74, 6) is -1.78. The lowest BCUT2D eigenvalue weighted by molar-refractivity contribution is -0.155. The fourth-order valence-electron chi connectivity index (χ4n) is 5.72. The predicted octanol–water partition coefficient (Wildman–Crippen LogP) is 2.10. The molecule has 16 heteroatoms. The summed E-state index contributed by atoms with van der Waals surface area (Å²) < 4.78 is 36.9. The maximum atomic E-state index is 15.1. The third-order valence-corrected chi connectivity index (χ3v) is 9.73. The van der Waals surface area contributed by atoms with Crippen molar-refractivity contribution < 1.29 is 53.7 Å². The Labute approximate surface area is 281 Å². The molecule has 2 saturated heterocycles. The van der Waals surface area contributed by atoms with Gasteiger partial charge in [0, 0.05) is 27.4 Å². The molecule has 0 radical (unpaired) electrons. The van der Waals surface area contributed by atoms with E-state index in [1.807, 2.05) is 0 Å². The third kappa shape index (κ3) is 7.05. The molecule has 0 unspecified atom stereocenters. The van der Waals surface area contributed by atoms with Gasteiger partial charge in [0.25, 0.3) is 0 Å². The van der Waals surface area contributed by atoms with Gasteiger partial charge in [-0.05, 0) is 48.4 Å². The molecule has 3 fully saturated rings. The van der Waals surface area contributed by atoms with Crippen LogP contribution in [0.5, 0.6) is 5.75 Å². The van der Waals surface area contributed by atoms with Gasteiger partial charge >= 0.3 is 0 Å². The average molecular weight is 714 g/mol. The number of aliphatic hydroxyl groups is 5. The van der Waals surface area contributed by atoms with E-state index in [9.17, 15) is 30.3 Å². The minimum atomic E-state index is -1.52. The number of fused-ring (bicyclic) bond motifs is 1. The molecule has 10 atom stereocenters. The van der Waals surface area contributed by atoms with E-state index in [-0.39, 0.29) is 23.7 Å². The van der Waals surface area contributed by atoms with Crippen molar-refractivity contribution in [2.45, 2.75) is 74.5 Å². The van der Waals surface area contributed by atoms with E-state index in [1.165, 1.54) is 36.5 Å². The van der Waals surface area contributed by atoms with Gasteiger partial charge in [0.2, 0.25) is 12.2 Å². The van der Waals surface area contributed by atoms with Gasteiger partial charge in [-0.3, -0.25) is 4.79 Å². The van der Waals surface area contributed by atoms with Gasteiger partial charge in [-0.15, -0.1) is 11.3 Å². The molecule has 0 bridgehead atoms. The lowest BCUT2D eigenvalue weighted by atomic mass is 9.83. The van der Waals surface area contributed by atoms with Crippen molar-refractivity contribution in [2.75, 3.05) is 6.79 Å². The predicted molar refractivity (Wildman–Crippen MR) is 166 cm³/mol. The zero-order valence-corrected chi connectivity index (χ0v) is 26.9. The van der Waals surface area contributed by atoms with Gasteiger partial charge < -0.3 is 49.8 Å². The second-order valence-electron chi connectivity index (χ2n) is 11.5. The summed E-state index contributed by atoms with van der Waals surface area (Å²) in [6, 6.07) is 7.74. The van der Waals surface area contributed by atoms with Crippen LogP contribution in [0.15, 0.2) is 47.4 Å². The number of aromatic nitrogens is 1. The summed E-state index contributed by atoms with van der Waals surface area (Å²) >= 11 is 13.6. The van der Waals surface area contributed by atoms with Crippen LogP contribution in [-0.2, 0) is 25.4 Å². The highest BCUT2D eigenvalue weighted by Crippen LogP contribution is 2.37. The number of benzene rings is 2. The fourth-order valence-corrected chi connectivity index (χ4v) is 7.03. The molecular weight excluding hydrogens is 682 g/mol.